The van der Waals surface area contributed by atoms with Crippen molar-refractivity contribution in [3.8, 4) is 0 Å². The van der Waals surface area contributed by atoms with Gasteiger partial charge in [-0.2, -0.15) is 4.98 Å². The van der Waals surface area contributed by atoms with Crippen LogP contribution in [0.4, 0.5) is 17.5 Å². The maximum absolute atomic E-state index is 10.8. The van der Waals surface area contributed by atoms with Gasteiger partial charge >= 0.3 is 5.97 Å². The summed E-state index contributed by atoms with van der Waals surface area (Å²) in [6.45, 7) is 3.98. The number of nitrogens with one attached hydrogen (secondary N) is 1. The number of fused-ring (bicyclic) bond motifs is 1. The fourth-order valence-electron chi connectivity index (χ4n) is 3.41. The Morgan fingerprint density at radius 2 is 1.85 bits per heavy atom. The molecule has 2 aromatic rings. The third kappa shape index (κ3) is 4.10. The Hall–Kier alpha value is -2.48. The van der Waals surface area contributed by atoms with Crippen molar-refractivity contribution >= 4 is 35.2 Å². The molecule has 4 rings (SSSR count). The van der Waals surface area contributed by atoms with Crippen molar-refractivity contribution < 1.29 is 9.90 Å². The molecule has 27 heavy (non-hydrogen) atoms. The van der Waals surface area contributed by atoms with Crippen LogP contribution in [0.1, 0.15) is 12.1 Å². The number of nitrogens with zero attached hydrogens (tertiary/aromatic N) is 4. The van der Waals surface area contributed by atoms with Crippen molar-refractivity contribution in [3.63, 3.8) is 0 Å². The monoisotopic (exact) mass is 385 g/mol. The maximum Gasteiger partial charge on any atom is 0.305 e. The zero-order valence-corrected chi connectivity index (χ0v) is 15.9. The van der Waals surface area contributed by atoms with Crippen LogP contribution in [0, 0.1) is 0 Å². The van der Waals surface area contributed by atoms with Crippen molar-refractivity contribution in [2.75, 3.05) is 53.6 Å². The lowest BCUT2D eigenvalue weighted by atomic mass is 10.2. The van der Waals surface area contributed by atoms with Crippen molar-refractivity contribution in [2.24, 2.45) is 0 Å². The Labute approximate surface area is 162 Å². The van der Waals surface area contributed by atoms with Crippen molar-refractivity contribution in [2.45, 2.75) is 17.7 Å². The lowest BCUT2D eigenvalue weighted by Crippen LogP contribution is -2.47. The van der Waals surface area contributed by atoms with Gasteiger partial charge in [0.2, 0.25) is 5.95 Å². The molecule has 0 aliphatic carbocycles. The predicted molar refractivity (Wildman–Crippen MR) is 108 cm³/mol. The molecule has 2 aliphatic rings. The fraction of sp³-hybridized carbons (Fsp3) is 0.421. The number of benzene rings is 1. The van der Waals surface area contributed by atoms with E-state index in [1.165, 1.54) is 5.69 Å². The first-order valence-electron chi connectivity index (χ1n) is 9.25. The number of hydrogen-bond acceptors (Lipinski definition) is 7. The van der Waals surface area contributed by atoms with E-state index in [2.05, 4.69) is 39.4 Å². The van der Waals surface area contributed by atoms with Crippen molar-refractivity contribution in [3.05, 3.63) is 36.0 Å². The molecule has 0 radical (unpaired) electrons. The third-order valence-electron chi connectivity index (χ3n) is 4.82. The van der Waals surface area contributed by atoms with E-state index >= 15 is 0 Å². The number of carboxylic acids is 1. The quantitative estimate of drug-likeness (QED) is 0.784. The fourth-order valence-corrected chi connectivity index (χ4v) is 4.48. The summed E-state index contributed by atoms with van der Waals surface area (Å²) in [5.41, 5.74) is 2.33. The molecule has 0 saturated carbocycles. The molecule has 1 aromatic carbocycles. The SMILES string of the molecule is O=C(O)CCNc1nc(N2CCN(c3ccccc3)CC2)nc2c1SCC2. The van der Waals surface area contributed by atoms with Crippen LogP contribution in [0.25, 0.3) is 0 Å². The van der Waals surface area contributed by atoms with E-state index in [0.29, 0.717) is 6.54 Å². The topological polar surface area (TPSA) is 81.6 Å². The van der Waals surface area contributed by atoms with Gasteiger partial charge in [0.05, 0.1) is 17.0 Å². The second kappa shape index (κ2) is 8.04. The molecule has 2 N–H and O–H groups in total. The van der Waals surface area contributed by atoms with Crippen LogP contribution in [-0.4, -0.2) is 59.5 Å². The first-order valence-corrected chi connectivity index (χ1v) is 10.2. The Morgan fingerprint density at radius 1 is 1.11 bits per heavy atom. The van der Waals surface area contributed by atoms with Gasteiger partial charge < -0.3 is 20.2 Å². The highest BCUT2D eigenvalue weighted by atomic mass is 32.2. The highest BCUT2D eigenvalue weighted by molar-refractivity contribution is 7.99. The first-order chi connectivity index (χ1) is 13.2. The first kappa shape index (κ1) is 17.9. The lowest BCUT2D eigenvalue weighted by Gasteiger charge is -2.36. The molecule has 7 nitrogen and oxygen atoms in total. The summed E-state index contributed by atoms with van der Waals surface area (Å²) in [5.74, 6) is 1.73. The average molecular weight is 385 g/mol. The molecule has 0 atom stereocenters. The highest BCUT2D eigenvalue weighted by Gasteiger charge is 2.24. The van der Waals surface area contributed by atoms with Gasteiger partial charge in [0.15, 0.2) is 0 Å². The number of rotatable bonds is 6. The Bertz CT molecular complexity index is 809. The molecule has 1 aromatic heterocycles. The molecule has 0 bridgehead atoms. The second-order valence-corrected chi connectivity index (χ2v) is 7.73. The van der Waals surface area contributed by atoms with Crippen molar-refractivity contribution in [1.29, 1.82) is 0 Å². The molecule has 2 aliphatic heterocycles. The molecule has 3 heterocycles. The van der Waals surface area contributed by atoms with Gasteiger partial charge in [-0.3, -0.25) is 4.79 Å². The highest BCUT2D eigenvalue weighted by Crippen LogP contribution is 2.36. The lowest BCUT2D eigenvalue weighted by molar-refractivity contribution is -0.136. The number of aromatic nitrogens is 2. The van der Waals surface area contributed by atoms with Crippen molar-refractivity contribution in [1.82, 2.24) is 9.97 Å². The number of thioether (sulfide) groups is 1. The Kier molecular flexibility index (Phi) is 5.33. The second-order valence-electron chi connectivity index (χ2n) is 6.63. The Morgan fingerprint density at radius 3 is 2.59 bits per heavy atom. The number of para-hydroxylation sites is 1. The largest absolute Gasteiger partial charge is 0.481 e. The molecular weight excluding hydrogens is 362 g/mol. The zero-order chi connectivity index (χ0) is 18.6. The van der Waals surface area contributed by atoms with E-state index in [9.17, 15) is 4.79 Å². The van der Waals surface area contributed by atoms with Gasteiger partial charge in [0.1, 0.15) is 5.82 Å². The summed E-state index contributed by atoms with van der Waals surface area (Å²) in [6, 6.07) is 10.5. The van der Waals surface area contributed by atoms with Crippen LogP contribution < -0.4 is 15.1 Å². The summed E-state index contributed by atoms with van der Waals surface area (Å²) in [5, 5.41) is 12.1. The van der Waals surface area contributed by atoms with E-state index < -0.39 is 5.97 Å². The molecular formula is C19H23N5O2S. The van der Waals surface area contributed by atoms with Gasteiger partial charge in [0.25, 0.3) is 0 Å². The van der Waals surface area contributed by atoms with Crippen LogP contribution >= 0.6 is 11.8 Å². The van der Waals surface area contributed by atoms with Gasteiger partial charge in [-0.15, -0.1) is 11.8 Å². The summed E-state index contributed by atoms with van der Waals surface area (Å²) in [4.78, 5) is 26.0. The molecule has 1 saturated heterocycles. The van der Waals surface area contributed by atoms with Gasteiger partial charge in [0, 0.05) is 50.6 Å². The van der Waals surface area contributed by atoms with Gasteiger partial charge in [-0.1, -0.05) is 18.2 Å². The summed E-state index contributed by atoms with van der Waals surface area (Å²) >= 11 is 1.74. The number of aryl methyl sites for hydroxylation is 1. The molecule has 8 heteroatoms. The average Bonchev–Trinajstić information content (AvgIpc) is 3.17. The summed E-state index contributed by atoms with van der Waals surface area (Å²) < 4.78 is 0. The van der Waals surface area contributed by atoms with E-state index in [1.54, 1.807) is 11.8 Å². The summed E-state index contributed by atoms with van der Waals surface area (Å²) in [6.07, 6.45) is 1.02. The van der Waals surface area contributed by atoms with E-state index in [1.807, 2.05) is 6.07 Å². The maximum atomic E-state index is 10.8. The molecule has 142 valence electrons. The minimum atomic E-state index is -0.807. The van der Waals surface area contributed by atoms with Gasteiger partial charge in [-0.25, -0.2) is 4.98 Å². The van der Waals surface area contributed by atoms with E-state index in [-0.39, 0.29) is 6.42 Å². The smallest absolute Gasteiger partial charge is 0.305 e. The number of aliphatic carboxylic acids is 1. The molecule has 0 spiro atoms. The number of anilines is 3. The minimum Gasteiger partial charge on any atom is -0.481 e. The number of piperazine rings is 1. The van der Waals surface area contributed by atoms with Crippen LogP contribution in [0.3, 0.4) is 0 Å². The molecule has 0 unspecified atom stereocenters. The van der Waals surface area contributed by atoms with E-state index in [0.717, 1.165) is 60.7 Å². The molecule has 0 amide bonds. The third-order valence-corrected chi connectivity index (χ3v) is 5.95. The zero-order valence-electron chi connectivity index (χ0n) is 15.1. The van der Waals surface area contributed by atoms with Crippen LogP contribution in [-0.2, 0) is 11.2 Å². The standard InChI is InChI=1S/C19H23N5O2S/c25-16(26)6-8-20-18-17-15(7-13-27-17)21-19(22-18)24-11-9-23(10-12-24)14-4-2-1-3-5-14/h1-5H,6-13H2,(H,25,26)(H,20,21,22). The number of carboxylic acid groups (broad SMARTS) is 1. The van der Waals surface area contributed by atoms with Crippen LogP contribution in [0.15, 0.2) is 35.2 Å². The van der Waals surface area contributed by atoms with E-state index in [4.69, 9.17) is 15.1 Å². The Balaban J connectivity index is 1.47. The normalized spacial score (nSPS) is 16.3. The summed E-state index contributed by atoms with van der Waals surface area (Å²) in [7, 11) is 0. The number of hydrogen-bond donors (Lipinski definition) is 2. The van der Waals surface area contributed by atoms with Crippen LogP contribution in [0.2, 0.25) is 0 Å². The number of carbonyl (C=O) groups is 1. The van der Waals surface area contributed by atoms with Gasteiger partial charge in [-0.05, 0) is 12.1 Å². The molecule has 1 fully saturated rings. The van der Waals surface area contributed by atoms with Crippen LogP contribution in [0.5, 0.6) is 0 Å². The minimum absolute atomic E-state index is 0.0779. The predicted octanol–water partition coefficient (Wildman–Crippen LogP) is 2.34.